The van der Waals surface area contributed by atoms with Crippen LogP contribution in [0.2, 0.25) is 0 Å². The van der Waals surface area contributed by atoms with Crippen molar-refractivity contribution in [3.63, 3.8) is 0 Å². The summed E-state index contributed by atoms with van der Waals surface area (Å²) in [4.78, 5) is 0. The maximum Gasteiger partial charge on any atom is 0.122 e. The fourth-order valence-corrected chi connectivity index (χ4v) is 1.28. The van der Waals surface area contributed by atoms with Crippen LogP contribution in [0.15, 0.2) is 49.1 Å². The molecule has 0 aliphatic carbocycles. The Labute approximate surface area is 110 Å². The molecule has 0 amide bonds. The molecule has 1 N–H and O–H groups in total. The normalized spacial score (nSPS) is 9.94. The zero-order chi connectivity index (χ0) is 11.6. The number of para-hydroxylation sites is 1. The van der Waals surface area contributed by atoms with Gasteiger partial charge in [-0.1, -0.05) is 36.4 Å². The topological polar surface area (TPSA) is 21.3 Å². The lowest BCUT2D eigenvalue weighted by Crippen LogP contribution is -2.12. The molecule has 0 radical (unpaired) electrons. The molecule has 1 rings (SSSR count). The number of benzene rings is 1. The Hall–Kier alpha value is -1.25. The minimum Gasteiger partial charge on any atom is -0.489 e. The Morgan fingerprint density at radius 1 is 1.24 bits per heavy atom. The molecule has 0 saturated heterocycles. The Morgan fingerprint density at radius 2 is 2.00 bits per heavy atom. The van der Waals surface area contributed by atoms with E-state index in [-0.39, 0.29) is 12.4 Å². The molecule has 0 heterocycles. The summed E-state index contributed by atoms with van der Waals surface area (Å²) in [5.41, 5.74) is 1.17. The first-order valence-electron chi connectivity index (χ1n) is 5.49. The van der Waals surface area contributed by atoms with Gasteiger partial charge in [-0.25, -0.2) is 0 Å². The third-order valence-corrected chi connectivity index (χ3v) is 2.15. The second-order valence-electron chi connectivity index (χ2n) is 3.49. The van der Waals surface area contributed by atoms with E-state index in [0.29, 0.717) is 6.61 Å². The van der Waals surface area contributed by atoms with Gasteiger partial charge >= 0.3 is 0 Å². The molecule has 0 fully saturated rings. The van der Waals surface area contributed by atoms with Gasteiger partial charge < -0.3 is 10.1 Å². The summed E-state index contributed by atoms with van der Waals surface area (Å²) in [5.74, 6) is 0.950. The van der Waals surface area contributed by atoms with Gasteiger partial charge in [0.15, 0.2) is 0 Å². The van der Waals surface area contributed by atoms with Gasteiger partial charge in [-0.2, -0.15) is 0 Å². The molecule has 0 unspecified atom stereocenters. The number of rotatable bonds is 7. The molecule has 1 aromatic rings. The summed E-state index contributed by atoms with van der Waals surface area (Å²) in [6.45, 7) is 7.98. The van der Waals surface area contributed by atoms with Crippen molar-refractivity contribution in [2.75, 3.05) is 19.7 Å². The summed E-state index contributed by atoms with van der Waals surface area (Å²) < 4.78 is 5.61. The molecule has 0 spiro atoms. The van der Waals surface area contributed by atoms with E-state index in [9.17, 15) is 0 Å². The van der Waals surface area contributed by atoms with Gasteiger partial charge in [0.2, 0.25) is 0 Å². The highest BCUT2D eigenvalue weighted by atomic mass is 35.5. The number of hydrogen-bond donors (Lipinski definition) is 1. The standard InChI is InChI=1S/C14H19NO.ClH/c1-3-10-15-11-6-7-12-16-14-9-5-4-8-13(14)2;/h3-9,15H,1,10-12H2,2H3;1H/b7-6+;. The molecular weight excluding hydrogens is 234 g/mol. The Balaban J connectivity index is 0.00000256. The maximum absolute atomic E-state index is 5.61. The smallest absolute Gasteiger partial charge is 0.122 e. The first-order chi connectivity index (χ1) is 7.84. The zero-order valence-electron chi connectivity index (χ0n) is 10.2. The van der Waals surface area contributed by atoms with E-state index in [0.717, 1.165) is 18.8 Å². The van der Waals surface area contributed by atoms with Crippen molar-refractivity contribution in [2.45, 2.75) is 6.92 Å². The third-order valence-electron chi connectivity index (χ3n) is 2.15. The van der Waals surface area contributed by atoms with Crippen LogP contribution in [0.4, 0.5) is 0 Å². The van der Waals surface area contributed by atoms with Gasteiger partial charge in [-0.3, -0.25) is 0 Å². The van der Waals surface area contributed by atoms with E-state index >= 15 is 0 Å². The lowest BCUT2D eigenvalue weighted by Gasteiger charge is -2.05. The van der Waals surface area contributed by atoms with Gasteiger partial charge in [0, 0.05) is 13.1 Å². The van der Waals surface area contributed by atoms with Crippen LogP contribution in [0.5, 0.6) is 5.75 Å². The molecule has 1 aromatic carbocycles. The van der Waals surface area contributed by atoms with Crippen molar-refractivity contribution in [3.05, 3.63) is 54.6 Å². The average molecular weight is 254 g/mol. The molecular formula is C14H20ClNO. The van der Waals surface area contributed by atoms with Crippen molar-refractivity contribution in [1.82, 2.24) is 5.32 Å². The van der Waals surface area contributed by atoms with Crippen LogP contribution in [0.25, 0.3) is 0 Å². The summed E-state index contributed by atoms with van der Waals surface area (Å²) in [7, 11) is 0. The summed E-state index contributed by atoms with van der Waals surface area (Å²) in [5, 5.41) is 3.18. The number of ether oxygens (including phenoxy) is 1. The molecule has 0 saturated carbocycles. The van der Waals surface area contributed by atoms with Crippen LogP contribution < -0.4 is 10.1 Å². The van der Waals surface area contributed by atoms with Gasteiger partial charge in [-0.15, -0.1) is 19.0 Å². The van der Waals surface area contributed by atoms with E-state index in [1.54, 1.807) is 0 Å². The predicted molar refractivity (Wildman–Crippen MR) is 76.1 cm³/mol. The fourth-order valence-electron chi connectivity index (χ4n) is 1.28. The number of hydrogen-bond acceptors (Lipinski definition) is 2. The average Bonchev–Trinajstić information content (AvgIpc) is 2.30. The lowest BCUT2D eigenvalue weighted by atomic mass is 10.2. The molecule has 0 aliphatic heterocycles. The van der Waals surface area contributed by atoms with Crippen LogP contribution in [0, 0.1) is 6.92 Å². The molecule has 17 heavy (non-hydrogen) atoms. The SMILES string of the molecule is C=CCNC/C=C/COc1ccccc1C.Cl. The highest BCUT2D eigenvalue weighted by Gasteiger charge is 1.94. The van der Waals surface area contributed by atoms with Gasteiger partial charge in [0.1, 0.15) is 12.4 Å². The van der Waals surface area contributed by atoms with E-state index in [4.69, 9.17) is 4.74 Å². The number of nitrogens with one attached hydrogen (secondary N) is 1. The first kappa shape index (κ1) is 15.8. The molecule has 0 atom stereocenters. The molecule has 3 heteroatoms. The van der Waals surface area contributed by atoms with E-state index in [1.807, 2.05) is 43.3 Å². The molecule has 0 aliphatic rings. The second-order valence-corrected chi connectivity index (χ2v) is 3.49. The van der Waals surface area contributed by atoms with Crippen molar-refractivity contribution in [1.29, 1.82) is 0 Å². The molecule has 0 aromatic heterocycles. The molecule has 0 bridgehead atoms. The van der Waals surface area contributed by atoms with Crippen molar-refractivity contribution < 1.29 is 4.74 Å². The highest BCUT2D eigenvalue weighted by Crippen LogP contribution is 2.15. The Kier molecular flexibility index (Phi) is 9.21. The van der Waals surface area contributed by atoms with E-state index in [1.165, 1.54) is 5.56 Å². The summed E-state index contributed by atoms with van der Waals surface area (Å²) in [6, 6.07) is 8.03. The van der Waals surface area contributed by atoms with Gasteiger partial charge in [-0.05, 0) is 18.6 Å². The van der Waals surface area contributed by atoms with Crippen LogP contribution in [-0.2, 0) is 0 Å². The number of halogens is 1. The predicted octanol–water partition coefficient (Wildman–Crippen LogP) is 3.13. The minimum atomic E-state index is 0. The largest absolute Gasteiger partial charge is 0.489 e. The summed E-state index contributed by atoms with van der Waals surface area (Å²) >= 11 is 0. The Morgan fingerprint density at radius 3 is 2.71 bits per heavy atom. The fraction of sp³-hybridized carbons (Fsp3) is 0.286. The zero-order valence-corrected chi connectivity index (χ0v) is 11.0. The van der Waals surface area contributed by atoms with Crippen LogP contribution >= 0.6 is 12.4 Å². The summed E-state index contributed by atoms with van der Waals surface area (Å²) in [6.07, 6.45) is 5.92. The Bertz CT molecular complexity index is 350. The van der Waals surface area contributed by atoms with Crippen LogP contribution in [0.3, 0.4) is 0 Å². The number of aryl methyl sites for hydroxylation is 1. The van der Waals surface area contributed by atoms with Gasteiger partial charge in [0.25, 0.3) is 0 Å². The minimum absolute atomic E-state index is 0. The van der Waals surface area contributed by atoms with Crippen molar-refractivity contribution in [3.8, 4) is 5.75 Å². The van der Waals surface area contributed by atoms with E-state index in [2.05, 4.69) is 18.0 Å². The highest BCUT2D eigenvalue weighted by molar-refractivity contribution is 5.85. The molecule has 2 nitrogen and oxygen atoms in total. The maximum atomic E-state index is 5.61. The molecule has 94 valence electrons. The van der Waals surface area contributed by atoms with Crippen LogP contribution in [-0.4, -0.2) is 19.7 Å². The lowest BCUT2D eigenvalue weighted by molar-refractivity contribution is 0.360. The van der Waals surface area contributed by atoms with Crippen molar-refractivity contribution in [2.24, 2.45) is 0 Å². The monoisotopic (exact) mass is 253 g/mol. The van der Waals surface area contributed by atoms with Crippen LogP contribution in [0.1, 0.15) is 5.56 Å². The first-order valence-corrected chi connectivity index (χ1v) is 5.49. The third kappa shape index (κ3) is 6.82. The second kappa shape index (κ2) is 9.94. The quantitative estimate of drug-likeness (QED) is 0.596. The van der Waals surface area contributed by atoms with E-state index < -0.39 is 0 Å². The van der Waals surface area contributed by atoms with Gasteiger partial charge in [0.05, 0.1) is 0 Å². The van der Waals surface area contributed by atoms with Crippen molar-refractivity contribution >= 4 is 12.4 Å².